The molecule has 6 heteroatoms. The van der Waals surface area contributed by atoms with Crippen LogP contribution >= 0.6 is 0 Å². The highest BCUT2D eigenvalue weighted by Crippen LogP contribution is 2.18. The molecule has 0 aliphatic rings. The minimum Gasteiger partial charge on any atom is -0.349 e. The van der Waals surface area contributed by atoms with Crippen LogP contribution in [0.4, 0.5) is 0 Å². The Morgan fingerprint density at radius 3 is 2.43 bits per heavy atom. The first-order valence-electron chi connectivity index (χ1n) is 9.54. The monoisotopic (exact) mass is 377 g/mol. The number of hydrogen-bond donors (Lipinski definition) is 1. The van der Waals surface area contributed by atoms with Gasteiger partial charge in [-0.05, 0) is 37.2 Å². The van der Waals surface area contributed by atoms with Gasteiger partial charge in [-0.15, -0.1) is 5.10 Å². The quantitative estimate of drug-likeness (QED) is 0.656. The highest BCUT2D eigenvalue weighted by Gasteiger charge is 2.17. The number of aryl methyl sites for hydroxylation is 1. The van der Waals surface area contributed by atoms with E-state index in [0.717, 1.165) is 12.0 Å². The summed E-state index contributed by atoms with van der Waals surface area (Å²) in [5.41, 5.74) is 3.92. The van der Waals surface area contributed by atoms with Crippen LogP contribution in [0.2, 0.25) is 0 Å². The smallest absolute Gasteiger partial charge is 0.273 e. The third-order valence-corrected chi connectivity index (χ3v) is 4.81. The molecule has 1 N–H and O–H groups in total. The second-order valence-electron chi connectivity index (χ2n) is 7.07. The second kappa shape index (κ2) is 9.28. The van der Waals surface area contributed by atoms with Crippen LogP contribution in [0.25, 0.3) is 0 Å². The molecule has 6 nitrogen and oxygen atoms in total. The maximum Gasteiger partial charge on any atom is 0.273 e. The molecule has 146 valence electrons. The van der Waals surface area contributed by atoms with E-state index < -0.39 is 0 Å². The average molecular weight is 377 g/mol. The number of rotatable bonds is 8. The second-order valence-corrected chi connectivity index (χ2v) is 7.07. The van der Waals surface area contributed by atoms with Gasteiger partial charge in [-0.1, -0.05) is 66.7 Å². The molecule has 0 radical (unpaired) electrons. The van der Waals surface area contributed by atoms with Crippen molar-refractivity contribution < 1.29 is 4.79 Å². The van der Waals surface area contributed by atoms with Crippen LogP contribution in [0.5, 0.6) is 0 Å². The molecule has 1 heterocycles. The van der Waals surface area contributed by atoms with Crippen molar-refractivity contribution in [2.75, 3.05) is 20.6 Å². The van der Waals surface area contributed by atoms with Crippen molar-refractivity contribution in [1.29, 1.82) is 0 Å². The lowest BCUT2D eigenvalue weighted by Gasteiger charge is -2.25. The van der Waals surface area contributed by atoms with Gasteiger partial charge >= 0.3 is 0 Å². The van der Waals surface area contributed by atoms with E-state index in [1.807, 2.05) is 44.4 Å². The molecule has 0 saturated heterocycles. The van der Waals surface area contributed by atoms with Crippen molar-refractivity contribution in [1.82, 2.24) is 25.2 Å². The van der Waals surface area contributed by atoms with Crippen LogP contribution in [0.1, 0.15) is 40.1 Å². The number of benzene rings is 2. The lowest BCUT2D eigenvalue weighted by molar-refractivity contribution is 0.0937. The predicted octanol–water partition coefficient (Wildman–Crippen LogP) is 2.92. The van der Waals surface area contributed by atoms with E-state index in [2.05, 4.69) is 51.7 Å². The zero-order valence-electron chi connectivity index (χ0n) is 16.7. The molecule has 0 spiro atoms. The summed E-state index contributed by atoms with van der Waals surface area (Å²) in [7, 11) is 4.03. The Hall–Kier alpha value is -2.99. The molecular formula is C22H27N5O. The Morgan fingerprint density at radius 2 is 1.79 bits per heavy atom. The predicted molar refractivity (Wildman–Crippen MR) is 110 cm³/mol. The maximum atomic E-state index is 12.5. The molecule has 3 rings (SSSR count). The molecule has 0 aliphatic carbocycles. The van der Waals surface area contributed by atoms with E-state index in [1.54, 1.807) is 10.9 Å². The molecule has 0 unspecified atom stereocenters. The van der Waals surface area contributed by atoms with Crippen LogP contribution in [-0.2, 0) is 13.0 Å². The molecule has 1 amide bonds. The molecule has 0 aliphatic heterocycles. The lowest BCUT2D eigenvalue weighted by Crippen LogP contribution is -2.34. The SMILES string of the molecule is CCc1ccc([C@H](CNC(=O)c2cn(Cc3ccccc3)nn2)N(C)C)cc1. The number of nitrogens with one attached hydrogen (secondary N) is 1. The highest BCUT2D eigenvalue weighted by atomic mass is 16.2. The van der Waals surface area contributed by atoms with Gasteiger partial charge in [0, 0.05) is 6.54 Å². The number of carbonyl (C=O) groups excluding carboxylic acids is 1. The summed E-state index contributed by atoms with van der Waals surface area (Å²) in [5, 5.41) is 11.1. The largest absolute Gasteiger partial charge is 0.349 e. The maximum absolute atomic E-state index is 12.5. The van der Waals surface area contributed by atoms with Crippen molar-refractivity contribution in [3.8, 4) is 0 Å². The average Bonchev–Trinajstić information content (AvgIpc) is 3.17. The summed E-state index contributed by atoms with van der Waals surface area (Å²) in [6.45, 7) is 3.23. The van der Waals surface area contributed by atoms with Crippen molar-refractivity contribution in [2.45, 2.75) is 25.9 Å². The van der Waals surface area contributed by atoms with Gasteiger partial charge in [-0.25, -0.2) is 4.68 Å². The third-order valence-electron chi connectivity index (χ3n) is 4.81. The molecular weight excluding hydrogens is 350 g/mol. The van der Waals surface area contributed by atoms with Crippen molar-refractivity contribution >= 4 is 5.91 Å². The number of aromatic nitrogens is 3. The molecule has 28 heavy (non-hydrogen) atoms. The topological polar surface area (TPSA) is 63.1 Å². The summed E-state index contributed by atoms with van der Waals surface area (Å²) in [6, 6.07) is 18.6. The summed E-state index contributed by atoms with van der Waals surface area (Å²) >= 11 is 0. The Morgan fingerprint density at radius 1 is 1.07 bits per heavy atom. The minimum atomic E-state index is -0.212. The van der Waals surface area contributed by atoms with Gasteiger partial charge < -0.3 is 10.2 Å². The molecule has 1 atom stereocenters. The fourth-order valence-electron chi connectivity index (χ4n) is 3.10. The Bertz CT molecular complexity index is 887. The fourth-order valence-corrected chi connectivity index (χ4v) is 3.10. The van der Waals surface area contributed by atoms with Crippen molar-refractivity contribution in [3.05, 3.63) is 83.2 Å². The van der Waals surface area contributed by atoms with Gasteiger partial charge in [0.05, 0.1) is 18.8 Å². The first-order chi connectivity index (χ1) is 13.6. The van der Waals surface area contributed by atoms with Crippen LogP contribution in [0, 0.1) is 0 Å². The van der Waals surface area contributed by atoms with Gasteiger partial charge in [-0.2, -0.15) is 0 Å². The van der Waals surface area contributed by atoms with Crippen molar-refractivity contribution in [2.24, 2.45) is 0 Å². The zero-order chi connectivity index (χ0) is 19.9. The fraction of sp³-hybridized carbons (Fsp3) is 0.318. The van der Waals surface area contributed by atoms with Crippen LogP contribution in [-0.4, -0.2) is 46.4 Å². The minimum absolute atomic E-state index is 0.0919. The number of likely N-dealkylation sites (N-methyl/N-ethyl adjacent to an activating group) is 1. The van der Waals surface area contributed by atoms with Crippen LogP contribution in [0.3, 0.4) is 0 Å². The van der Waals surface area contributed by atoms with Crippen molar-refractivity contribution in [3.63, 3.8) is 0 Å². The molecule has 0 bridgehead atoms. The number of hydrogen-bond acceptors (Lipinski definition) is 4. The number of nitrogens with zero attached hydrogens (tertiary/aromatic N) is 4. The van der Waals surface area contributed by atoms with Gasteiger partial charge in [0.1, 0.15) is 0 Å². The van der Waals surface area contributed by atoms with E-state index in [4.69, 9.17) is 0 Å². The lowest BCUT2D eigenvalue weighted by atomic mass is 10.0. The van der Waals surface area contributed by atoms with Crippen LogP contribution in [0.15, 0.2) is 60.8 Å². The normalized spacial score (nSPS) is 12.1. The first kappa shape index (κ1) is 19.8. The summed E-state index contributed by atoms with van der Waals surface area (Å²) < 4.78 is 1.68. The molecule has 2 aromatic carbocycles. The number of carbonyl (C=O) groups is 1. The molecule has 0 fully saturated rings. The first-order valence-corrected chi connectivity index (χ1v) is 9.54. The van der Waals surface area contributed by atoms with Gasteiger partial charge in [0.2, 0.25) is 0 Å². The van der Waals surface area contributed by atoms with E-state index in [1.165, 1.54) is 11.1 Å². The summed E-state index contributed by atoms with van der Waals surface area (Å²) in [4.78, 5) is 14.6. The Labute approximate surface area is 166 Å². The molecule has 3 aromatic rings. The Balaban J connectivity index is 1.61. The van der Waals surface area contributed by atoms with E-state index in [0.29, 0.717) is 18.8 Å². The summed E-state index contributed by atoms with van der Waals surface area (Å²) in [5.74, 6) is -0.212. The standard InChI is InChI=1S/C22H27N5O/c1-4-17-10-12-19(13-11-17)21(26(2)3)14-23-22(28)20-16-27(25-24-20)15-18-8-6-5-7-9-18/h5-13,16,21H,4,14-15H2,1-3H3,(H,23,28)/t21-/m0/s1. The third kappa shape index (κ3) is 5.04. The molecule has 1 aromatic heterocycles. The number of amides is 1. The zero-order valence-corrected chi connectivity index (χ0v) is 16.7. The van der Waals surface area contributed by atoms with Gasteiger partial charge in [0.25, 0.3) is 5.91 Å². The van der Waals surface area contributed by atoms with Crippen LogP contribution < -0.4 is 5.32 Å². The van der Waals surface area contributed by atoms with E-state index in [-0.39, 0.29) is 11.9 Å². The van der Waals surface area contributed by atoms with E-state index >= 15 is 0 Å². The summed E-state index contributed by atoms with van der Waals surface area (Å²) in [6.07, 6.45) is 2.70. The van der Waals surface area contributed by atoms with Gasteiger partial charge in [-0.3, -0.25) is 4.79 Å². The highest BCUT2D eigenvalue weighted by molar-refractivity contribution is 5.91. The van der Waals surface area contributed by atoms with Gasteiger partial charge in [0.15, 0.2) is 5.69 Å². The van der Waals surface area contributed by atoms with E-state index in [9.17, 15) is 4.79 Å². The molecule has 0 saturated carbocycles. The Kier molecular flexibility index (Phi) is 6.55.